The number of carbonyl (C=O) groups is 1. The Morgan fingerprint density at radius 2 is 1.76 bits per heavy atom. The molecule has 0 saturated carbocycles. The lowest BCUT2D eigenvalue weighted by molar-refractivity contribution is 0.0814. The highest BCUT2D eigenvalue weighted by Crippen LogP contribution is 2.28. The van der Waals surface area contributed by atoms with Crippen LogP contribution in [0.1, 0.15) is 17.3 Å². The maximum absolute atomic E-state index is 12.4. The average molecular weight is 302 g/mol. The Kier molecular flexibility index (Phi) is 5.28. The monoisotopic (exact) mass is 302 g/mol. The molecule has 0 spiro atoms. The summed E-state index contributed by atoms with van der Waals surface area (Å²) in [4.78, 5) is 13.4. The van der Waals surface area contributed by atoms with Gasteiger partial charge in [0.05, 0.1) is 7.11 Å². The standard InChI is InChI=1S/C17H18O3S/c1-12(20-15-6-4-5-7-16(15)21-3)17(18)13-8-10-14(19-2)11-9-13/h4-12H,1-3H3. The Balaban J connectivity index is 2.11. The predicted octanol–water partition coefficient (Wildman–Crippen LogP) is 4.07. The van der Waals surface area contributed by atoms with Crippen LogP contribution in [0.5, 0.6) is 11.5 Å². The Labute approximate surface area is 129 Å². The van der Waals surface area contributed by atoms with Gasteiger partial charge in [0.2, 0.25) is 5.78 Å². The van der Waals surface area contributed by atoms with Gasteiger partial charge in [0, 0.05) is 10.5 Å². The number of benzene rings is 2. The molecule has 4 heteroatoms. The molecule has 0 fully saturated rings. The Bertz CT molecular complexity index is 608. The summed E-state index contributed by atoms with van der Waals surface area (Å²) in [5, 5.41) is 0. The Hall–Kier alpha value is -1.94. The molecule has 0 amide bonds. The fraction of sp³-hybridized carbons (Fsp3) is 0.235. The van der Waals surface area contributed by atoms with E-state index in [4.69, 9.17) is 9.47 Å². The summed E-state index contributed by atoms with van der Waals surface area (Å²) in [6, 6.07) is 14.8. The first-order valence-corrected chi connectivity index (χ1v) is 7.86. The number of rotatable bonds is 6. The SMILES string of the molecule is COc1ccc(C(=O)C(C)Oc2ccccc2SC)cc1. The molecule has 2 aromatic carbocycles. The maximum Gasteiger partial charge on any atom is 0.202 e. The third-order valence-corrected chi connectivity index (χ3v) is 3.89. The number of Topliss-reactive ketones (excluding diaryl/α,β-unsaturated/α-hetero) is 1. The summed E-state index contributed by atoms with van der Waals surface area (Å²) < 4.78 is 10.9. The second kappa shape index (κ2) is 7.18. The minimum Gasteiger partial charge on any atom is -0.497 e. The van der Waals surface area contributed by atoms with E-state index in [0.29, 0.717) is 5.56 Å². The zero-order valence-corrected chi connectivity index (χ0v) is 13.1. The molecule has 3 nitrogen and oxygen atoms in total. The number of carbonyl (C=O) groups excluding carboxylic acids is 1. The number of thioether (sulfide) groups is 1. The van der Waals surface area contributed by atoms with Gasteiger partial charge in [-0.3, -0.25) is 4.79 Å². The van der Waals surface area contributed by atoms with Gasteiger partial charge in [0.1, 0.15) is 11.5 Å². The summed E-state index contributed by atoms with van der Waals surface area (Å²) >= 11 is 1.60. The second-order valence-corrected chi connectivity index (χ2v) is 5.35. The molecule has 0 heterocycles. The first kappa shape index (κ1) is 15.4. The molecule has 110 valence electrons. The number of hydrogen-bond donors (Lipinski definition) is 0. The molecule has 1 atom stereocenters. The van der Waals surface area contributed by atoms with E-state index in [1.54, 1.807) is 50.1 Å². The Morgan fingerprint density at radius 1 is 1.10 bits per heavy atom. The van der Waals surface area contributed by atoms with Crippen LogP contribution in [0.3, 0.4) is 0 Å². The fourth-order valence-corrected chi connectivity index (χ4v) is 2.48. The first-order valence-electron chi connectivity index (χ1n) is 6.63. The van der Waals surface area contributed by atoms with Gasteiger partial charge < -0.3 is 9.47 Å². The van der Waals surface area contributed by atoms with E-state index in [1.165, 1.54) is 0 Å². The molecule has 1 unspecified atom stereocenters. The largest absolute Gasteiger partial charge is 0.497 e. The van der Waals surface area contributed by atoms with Gasteiger partial charge in [0.15, 0.2) is 6.10 Å². The van der Waals surface area contributed by atoms with Crippen LogP contribution in [0, 0.1) is 0 Å². The lowest BCUT2D eigenvalue weighted by Gasteiger charge is -2.16. The van der Waals surface area contributed by atoms with Crippen LogP contribution in [0.25, 0.3) is 0 Å². The second-order valence-electron chi connectivity index (χ2n) is 4.50. The Morgan fingerprint density at radius 3 is 2.38 bits per heavy atom. The maximum atomic E-state index is 12.4. The summed E-state index contributed by atoms with van der Waals surface area (Å²) in [5.74, 6) is 1.42. The summed E-state index contributed by atoms with van der Waals surface area (Å²) in [6.45, 7) is 1.77. The predicted molar refractivity (Wildman–Crippen MR) is 85.6 cm³/mol. The van der Waals surface area contributed by atoms with Gasteiger partial charge >= 0.3 is 0 Å². The normalized spacial score (nSPS) is 11.8. The van der Waals surface area contributed by atoms with Gasteiger partial charge in [-0.25, -0.2) is 0 Å². The third kappa shape index (κ3) is 3.79. The summed E-state index contributed by atoms with van der Waals surface area (Å²) in [7, 11) is 1.60. The highest BCUT2D eigenvalue weighted by molar-refractivity contribution is 7.98. The molecular formula is C17H18O3S. The molecule has 0 bridgehead atoms. The van der Waals surface area contributed by atoms with E-state index < -0.39 is 6.10 Å². The fourth-order valence-electron chi connectivity index (χ4n) is 1.95. The molecule has 0 aliphatic rings. The molecule has 0 aromatic heterocycles. The van der Waals surface area contributed by atoms with Gasteiger partial charge in [0.25, 0.3) is 0 Å². The number of hydrogen-bond acceptors (Lipinski definition) is 4. The van der Waals surface area contributed by atoms with Crippen molar-refractivity contribution in [1.29, 1.82) is 0 Å². The zero-order valence-electron chi connectivity index (χ0n) is 12.3. The highest BCUT2D eigenvalue weighted by atomic mass is 32.2. The van der Waals surface area contributed by atoms with E-state index in [2.05, 4.69) is 0 Å². The van der Waals surface area contributed by atoms with Crippen molar-refractivity contribution in [3.63, 3.8) is 0 Å². The molecule has 0 saturated heterocycles. The quantitative estimate of drug-likeness (QED) is 0.595. The van der Waals surface area contributed by atoms with Gasteiger partial charge in [-0.1, -0.05) is 12.1 Å². The van der Waals surface area contributed by atoms with Crippen LogP contribution in [0.15, 0.2) is 53.4 Å². The summed E-state index contributed by atoms with van der Waals surface area (Å²) in [6.07, 6.45) is 1.45. The van der Waals surface area contributed by atoms with Crippen LogP contribution in [-0.2, 0) is 0 Å². The van der Waals surface area contributed by atoms with Crippen molar-refractivity contribution in [1.82, 2.24) is 0 Å². The molecule has 0 aliphatic carbocycles. The van der Waals surface area contributed by atoms with E-state index in [1.807, 2.05) is 30.5 Å². The molecule has 21 heavy (non-hydrogen) atoms. The van der Waals surface area contributed by atoms with E-state index in [-0.39, 0.29) is 5.78 Å². The zero-order chi connectivity index (χ0) is 15.2. The molecular weight excluding hydrogens is 284 g/mol. The van der Waals surface area contributed by atoms with Crippen molar-refractivity contribution >= 4 is 17.5 Å². The minimum absolute atomic E-state index is 0.0476. The number of ether oxygens (including phenoxy) is 2. The number of para-hydroxylation sites is 1. The molecule has 2 rings (SSSR count). The van der Waals surface area contributed by atoms with Crippen molar-refractivity contribution < 1.29 is 14.3 Å². The van der Waals surface area contributed by atoms with Crippen LogP contribution < -0.4 is 9.47 Å². The van der Waals surface area contributed by atoms with Gasteiger partial charge in [-0.05, 0) is 49.6 Å². The lowest BCUT2D eigenvalue weighted by Crippen LogP contribution is -2.24. The van der Waals surface area contributed by atoms with Crippen LogP contribution in [0.2, 0.25) is 0 Å². The van der Waals surface area contributed by atoms with Gasteiger partial charge in [-0.2, -0.15) is 0 Å². The average Bonchev–Trinajstić information content (AvgIpc) is 2.54. The topological polar surface area (TPSA) is 35.5 Å². The van der Waals surface area contributed by atoms with E-state index in [0.717, 1.165) is 16.4 Å². The van der Waals surface area contributed by atoms with E-state index >= 15 is 0 Å². The van der Waals surface area contributed by atoms with Crippen molar-refractivity contribution in [2.75, 3.05) is 13.4 Å². The van der Waals surface area contributed by atoms with Crippen LogP contribution >= 0.6 is 11.8 Å². The molecule has 0 N–H and O–H groups in total. The number of ketones is 1. The van der Waals surface area contributed by atoms with Crippen LogP contribution in [-0.4, -0.2) is 25.3 Å². The number of methoxy groups -OCH3 is 1. The molecule has 0 radical (unpaired) electrons. The lowest BCUT2D eigenvalue weighted by atomic mass is 10.1. The van der Waals surface area contributed by atoms with Crippen molar-refractivity contribution in [2.45, 2.75) is 17.9 Å². The third-order valence-electron chi connectivity index (χ3n) is 3.12. The van der Waals surface area contributed by atoms with Gasteiger partial charge in [-0.15, -0.1) is 11.8 Å². The molecule has 2 aromatic rings. The summed E-state index contributed by atoms with van der Waals surface area (Å²) in [5.41, 5.74) is 0.616. The smallest absolute Gasteiger partial charge is 0.202 e. The van der Waals surface area contributed by atoms with Crippen molar-refractivity contribution in [3.8, 4) is 11.5 Å². The first-order chi connectivity index (χ1) is 10.2. The van der Waals surface area contributed by atoms with Crippen molar-refractivity contribution in [2.24, 2.45) is 0 Å². The minimum atomic E-state index is -0.535. The van der Waals surface area contributed by atoms with Crippen molar-refractivity contribution in [3.05, 3.63) is 54.1 Å². The molecule has 0 aliphatic heterocycles. The van der Waals surface area contributed by atoms with E-state index in [9.17, 15) is 4.79 Å². The van der Waals surface area contributed by atoms with Crippen LogP contribution in [0.4, 0.5) is 0 Å². The highest BCUT2D eigenvalue weighted by Gasteiger charge is 2.18.